The predicted molar refractivity (Wildman–Crippen MR) is 98.8 cm³/mol. The maximum absolute atomic E-state index is 4.17. The highest BCUT2D eigenvalue weighted by atomic mass is 15.4. The van der Waals surface area contributed by atoms with Crippen LogP contribution in [0.4, 0.5) is 17.1 Å². The Bertz CT molecular complexity index is 829. The van der Waals surface area contributed by atoms with Gasteiger partial charge in [0.25, 0.3) is 0 Å². The van der Waals surface area contributed by atoms with Crippen LogP contribution in [0.2, 0.25) is 0 Å². The Kier molecular flexibility index (Phi) is 3.84. The smallest absolute Gasteiger partial charge is 0.115 e. The third-order valence-electron chi connectivity index (χ3n) is 4.92. The number of nitrogens with one attached hydrogen (secondary N) is 1. The number of nitrogens with zero attached hydrogens (tertiary/aromatic N) is 4. The van der Waals surface area contributed by atoms with Crippen LogP contribution in [0.5, 0.6) is 0 Å². The highest BCUT2D eigenvalue weighted by Gasteiger charge is 2.15. The van der Waals surface area contributed by atoms with Gasteiger partial charge in [0.1, 0.15) is 5.52 Å². The average Bonchev–Trinajstić information content (AvgIpc) is 2.97. The summed E-state index contributed by atoms with van der Waals surface area (Å²) in [6.45, 7) is 4.67. The Hall–Kier alpha value is -2.56. The molecule has 0 spiro atoms. The second-order valence-corrected chi connectivity index (χ2v) is 6.76. The van der Waals surface area contributed by atoms with Crippen LogP contribution in [0.15, 0.2) is 42.5 Å². The number of hydrogen-bond donors (Lipinski definition) is 1. The minimum Gasteiger partial charge on any atom is -0.372 e. The zero-order valence-electron chi connectivity index (χ0n) is 14.2. The monoisotopic (exact) mass is 321 g/mol. The van der Waals surface area contributed by atoms with E-state index in [1.807, 2.05) is 19.2 Å². The van der Waals surface area contributed by atoms with Crippen LogP contribution >= 0.6 is 0 Å². The van der Waals surface area contributed by atoms with Crippen LogP contribution in [0.3, 0.4) is 0 Å². The quantitative estimate of drug-likeness (QED) is 0.793. The van der Waals surface area contributed by atoms with Crippen molar-refractivity contribution in [2.45, 2.75) is 19.8 Å². The van der Waals surface area contributed by atoms with Crippen molar-refractivity contribution in [2.24, 2.45) is 13.0 Å². The molecule has 2 aromatic carbocycles. The summed E-state index contributed by atoms with van der Waals surface area (Å²) in [4.78, 5) is 2.48. The van der Waals surface area contributed by atoms with E-state index in [0.717, 1.165) is 41.4 Å². The third kappa shape index (κ3) is 2.94. The SMILES string of the molecule is CC1CCN(c2ccc(Nc3ccc4c(c3)nnn4C)cc2)CC1. The van der Waals surface area contributed by atoms with Crippen molar-refractivity contribution in [3.05, 3.63) is 42.5 Å². The number of benzene rings is 2. The van der Waals surface area contributed by atoms with E-state index in [1.165, 1.54) is 18.5 Å². The standard InChI is InChI=1S/C19H23N5/c1-14-9-11-24(12-10-14)17-6-3-15(4-7-17)20-16-5-8-19-18(13-16)21-22-23(19)2/h3-8,13-14,20H,9-12H2,1-2H3. The minimum atomic E-state index is 0.859. The van der Waals surface area contributed by atoms with Crippen LogP contribution in [-0.4, -0.2) is 28.1 Å². The summed E-state index contributed by atoms with van der Waals surface area (Å²) >= 11 is 0. The minimum absolute atomic E-state index is 0.859. The Morgan fingerprint density at radius 1 is 1.00 bits per heavy atom. The maximum atomic E-state index is 4.17. The van der Waals surface area contributed by atoms with E-state index in [-0.39, 0.29) is 0 Å². The van der Waals surface area contributed by atoms with E-state index in [2.05, 4.69) is 57.8 Å². The lowest BCUT2D eigenvalue weighted by Crippen LogP contribution is -2.32. The predicted octanol–water partition coefficient (Wildman–Crippen LogP) is 3.95. The zero-order chi connectivity index (χ0) is 16.5. The summed E-state index contributed by atoms with van der Waals surface area (Å²) in [7, 11) is 1.91. The van der Waals surface area contributed by atoms with Gasteiger partial charge in [-0.25, -0.2) is 4.68 Å². The topological polar surface area (TPSA) is 46.0 Å². The molecule has 0 atom stereocenters. The fourth-order valence-electron chi connectivity index (χ4n) is 3.31. The van der Waals surface area contributed by atoms with Crippen molar-refractivity contribution < 1.29 is 0 Å². The van der Waals surface area contributed by atoms with Crippen LogP contribution < -0.4 is 10.2 Å². The number of fused-ring (bicyclic) bond motifs is 1. The lowest BCUT2D eigenvalue weighted by molar-refractivity contribution is 0.438. The van der Waals surface area contributed by atoms with Crippen LogP contribution in [0.25, 0.3) is 11.0 Å². The van der Waals surface area contributed by atoms with Crippen molar-refractivity contribution in [1.29, 1.82) is 0 Å². The van der Waals surface area contributed by atoms with Gasteiger partial charge in [-0.05, 0) is 61.2 Å². The molecule has 5 nitrogen and oxygen atoms in total. The molecule has 1 aliphatic heterocycles. The van der Waals surface area contributed by atoms with Crippen molar-refractivity contribution in [1.82, 2.24) is 15.0 Å². The molecule has 5 heteroatoms. The van der Waals surface area contributed by atoms with Crippen molar-refractivity contribution in [2.75, 3.05) is 23.3 Å². The first-order chi connectivity index (χ1) is 11.7. The molecule has 0 unspecified atom stereocenters. The first-order valence-electron chi connectivity index (χ1n) is 8.60. The van der Waals surface area contributed by atoms with Crippen molar-refractivity contribution in [3.8, 4) is 0 Å². The highest BCUT2D eigenvalue weighted by Crippen LogP contribution is 2.26. The Balaban J connectivity index is 1.48. The first-order valence-corrected chi connectivity index (χ1v) is 8.60. The number of hydrogen-bond acceptors (Lipinski definition) is 4. The molecule has 4 rings (SSSR count). The summed E-state index contributed by atoms with van der Waals surface area (Å²) in [5.74, 6) is 0.859. The molecule has 1 aromatic heterocycles. The van der Waals surface area contributed by atoms with E-state index >= 15 is 0 Å². The molecule has 24 heavy (non-hydrogen) atoms. The van der Waals surface area contributed by atoms with E-state index in [9.17, 15) is 0 Å². The van der Waals surface area contributed by atoms with E-state index in [0.29, 0.717) is 0 Å². The largest absolute Gasteiger partial charge is 0.372 e. The number of rotatable bonds is 3. The number of aromatic nitrogens is 3. The lowest BCUT2D eigenvalue weighted by atomic mass is 9.99. The van der Waals surface area contributed by atoms with Crippen molar-refractivity contribution in [3.63, 3.8) is 0 Å². The molecule has 0 bridgehead atoms. The maximum Gasteiger partial charge on any atom is 0.115 e. The molecule has 124 valence electrons. The lowest BCUT2D eigenvalue weighted by Gasteiger charge is -2.32. The molecule has 1 aliphatic rings. The number of piperidine rings is 1. The summed E-state index contributed by atoms with van der Waals surface area (Å²) in [5, 5.41) is 11.7. The molecule has 0 radical (unpaired) electrons. The summed E-state index contributed by atoms with van der Waals surface area (Å²) < 4.78 is 1.79. The molecule has 1 N–H and O–H groups in total. The molecule has 3 aromatic rings. The van der Waals surface area contributed by atoms with Gasteiger partial charge < -0.3 is 10.2 Å². The van der Waals surface area contributed by atoms with Gasteiger partial charge in [-0.15, -0.1) is 5.10 Å². The summed E-state index contributed by atoms with van der Waals surface area (Å²) in [5.41, 5.74) is 5.38. The van der Waals surface area contributed by atoms with Crippen LogP contribution in [-0.2, 0) is 7.05 Å². The third-order valence-corrected chi connectivity index (χ3v) is 4.92. The van der Waals surface area contributed by atoms with Gasteiger partial charge in [0.15, 0.2) is 0 Å². The zero-order valence-corrected chi connectivity index (χ0v) is 14.2. The number of aryl methyl sites for hydroxylation is 1. The average molecular weight is 321 g/mol. The van der Waals surface area contributed by atoms with Gasteiger partial charge >= 0.3 is 0 Å². The van der Waals surface area contributed by atoms with Gasteiger partial charge in [-0.3, -0.25) is 0 Å². The van der Waals surface area contributed by atoms with E-state index in [4.69, 9.17) is 0 Å². The van der Waals surface area contributed by atoms with Gasteiger partial charge in [0.2, 0.25) is 0 Å². The van der Waals surface area contributed by atoms with Gasteiger partial charge in [0.05, 0.1) is 5.52 Å². The second kappa shape index (κ2) is 6.15. The van der Waals surface area contributed by atoms with Crippen molar-refractivity contribution >= 4 is 28.1 Å². The molecule has 1 saturated heterocycles. The van der Waals surface area contributed by atoms with Gasteiger partial charge in [-0.1, -0.05) is 12.1 Å². The summed E-state index contributed by atoms with van der Waals surface area (Å²) in [6.07, 6.45) is 2.58. The molecule has 1 fully saturated rings. The fourth-order valence-corrected chi connectivity index (χ4v) is 3.31. The molecular weight excluding hydrogens is 298 g/mol. The van der Waals surface area contributed by atoms with E-state index in [1.54, 1.807) is 4.68 Å². The summed E-state index contributed by atoms with van der Waals surface area (Å²) in [6, 6.07) is 14.8. The van der Waals surface area contributed by atoms with Gasteiger partial charge in [0, 0.05) is 37.2 Å². The molecule has 0 amide bonds. The second-order valence-electron chi connectivity index (χ2n) is 6.76. The molecule has 0 saturated carbocycles. The van der Waals surface area contributed by atoms with Crippen LogP contribution in [0, 0.1) is 5.92 Å². The highest BCUT2D eigenvalue weighted by molar-refractivity contribution is 5.80. The molecular formula is C19H23N5. The Labute approximate surface area is 142 Å². The first kappa shape index (κ1) is 15.0. The van der Waals surface area contributed by atoms with E-state index < -0.39 is 0 Å². The van der Waals surface area contributed by atoms with Gasteiger partial charge in [-0.2, -0.15) is 0 Å². The molecule has 2 heterocycles. The van der Waals surface area contributed by atoms with Crippen LogP contribution in [0.1, 0.15) is 19.8 Å². The fraction of sp³-hybridized carbons (Fsp3) is 0.368. The Morgan fingerprint density at radius 2 is 1.71 bits per heavy atom. The number of anilines is 3. The normalized spacial score (nSPS) is 15.8. The molecule has 0 aliphatic carbocycles. The Morgan fingerprint density at radius 3 is 2.46 bits per heavy atom.